The number of esters is 1. The van der Waals surface area contributed by atoms with Gasteiger partial charge in [0.15, 0.2) is 0 Å². The summed E-state index contributed by atoms with van der Waals surface area (Å²) in [5.74, 6) is -2.16. The molecule has 1 aromatic carbocycles. The smallest absolute Gasteiger partial charge is 0.426 e. The molecule has 0 amide bonds. The lowest BCUT2D eigenvalue weighted by molar-refractivity contribution is -0.147. The first-order valence-electron chi connectivity index (χ1n) is 7.63. The highest BCUT2D eigenvalue weighted by molar-refractivity contribution is 6.48. The van der Waals surface area contributed by atoms with E-state index in [2.05, 4.69) is 0 Å². The van der Waals surface area contributed by atoms with Gasteiger partial charge in [-0.1, -0.05) is 77.9 Å². The molecule has 0 N–H and O–H groups in total. The Kier molecular flexibility index (Phi) is 6.66. The Morgan fingerprint density at radius 3 is 2.04 bits per heavy atom. The summed E-state index contributed by atoms with van der Waals surface area (Å²) in [7, 11) is 0. The molecule has 1 saturated carbocycles. The Morgan fingerprint density at radius 1 is 1.11 bits per heavy atom. The van der Waals surface area contributed by atoms with Crippen LogP contribution in [0.4, 0.5) is 13.2 Å². The van der Waals surface area contributed by atoms with E-state index in [1.165, 1.54) is 0 Å². The lowest BCUT2D eigenvalue weighted by Gasteiger charge is -2.14. The highest BCUT2D eigenvalue weighted by Gasteiger charge is 2.62. The van der Waals surface area contributed by atoms with Gasteiger partial charge >= 0.3 is 12.1 Å². The summed E-state index contributed by atoms with van der Waals surface area (Å²) in [6.45, 7) is 4.62. The van der Waals surface area contributed by atoms with E-state index in [9.17, 15) is 18.0 Å². The van der Waals surface area contributed by atoms with E-state index in [1.807, 2.05) is 0 Å². The van der Waals surface area contributed by atoms with Crippen molar-refractivity contribution >= 4 is 64.0 Å². The SMILES string of the molecule is Cc1c(Cl)c(Cl)c(COC(=O)[C@@H]2[C@@H](/C=C(\Cl)C(F)(F)F)C2(C)C)c(Cl)c1Cl. The molecule has 2 rings (SSSR count). The van der Waals surface area contributed by atoms with E-state index in [0.29, 0.717) is 5.56 Å². The number of halogens is 8. The monoisotopic (exact) mass is 482 g/mol. The van der Waals surface area contributed by atoms with Crippen molar-refractivity contribution in [3.8, 4) is 0 Å². The molecule has 0 heterocycles. The number of allylic oxidation sites excluding steroid dienone is 2. The first-order chi connectivity index (χ1) is 12.2. The third-order valence-electron chi connectivity index (χ3n) is 4.69. The van der Waals surface area contributed by atoms with Gasteiger partial charge in [-0.15, -0.1) is 0 Å². The molecule has 0 saturated heterocycles. The molecule has 0 unspecified atom stereocenters. The van der Waals surface area contributed by atoms with Crippen LogP contribution in [0.1, 0.15) is 25.0 Å². The van der Waals surface area contributed by atoms with Gasteiger partial charge < -0.3 is 4.74 Å². The maximum Gasteiger partial charge on any atom is 0.426 e. The summed E-state index contributed by atoms with van der Waals surface area (Å²) in [6, 6.07) is 0. The third kappa shape index (κ3) is 4.48. The molecule has 0 aromatic heterocycles. The van der Waals surface area contributed by atoms with Gasteiger partial charge in [0.25, 0.3) is 0 Å². The van der Waals surface area contributed by atoms with Crippen LogP contribution in [-0.2, 0) is 16.1 Å². The van der Waals surface area contributed by atoms with Crippen molar-refractivity contribution in [3.63, 3.8) is 0 Å². The van der Waals surface area contributed by atoms with E-state index >= 15 is 0 Å². The van der Waals surface area contributed by atoms with Crippen molar-refractivity contribution in [2.75, 3.05) is 0 Å². The predicted octanol–water partition coefficient (Wildman–Crippen LogP) is 7.61. The third-order valence-corrected chi connectivity index (χ3v) is 7.01. The summed E-state index contributed by atoms with van der Waals surface area (Å²) in [5, 5.41) is -0.701. The lowest BCUT2D eigenvalue weighted by Crippen LogP contribution is -2.11. The fourth-order valence-corrected chi connectivity index (χ4v) is 4.07. The second-order valence-electron chi connectivity index (χ2n) is 6.80. The minimum Gasteiger partial charge on any atom is -0.460 e. The predicted molar refractivity (Wildman–Crippen MR) is 102 cm³/mol. The number of carbonyl (C=O) groups excluding carboxylic acids is 1. The average Bonchev–Trinajstić information content (AvgIpc) is 3.10. The van der Waals surface area contributed by atoms with Gasteiger partial charge in [-0.05, 0) is 23.8 Å². The number of hydrogen-bond acceptors (Lipinski definition) is 2. The molecule has 1 aliphatic rings. The normalized spacial score (nSPS) is 22.0. The molecule has 27 heavy (non-hydrogen) atoms. The molecule has 1 fully saturated rings. The van der Waals surface area contributed by atoms with Crippen molar-refractivity contribution in [2.24, 2.45) is 17.3 Å². The molecule has 10 heteroatoms. The van der Waals surface area contributed by atoms with E-state index in [1.54, 1.807) is 20.8 Å². The van der Waals surface area contributed by atoms with E-state index in [0.717, 1.165) is 6.08 Å². The zero-order chi connectivity index (χ0) is 20.9. The zero-order valence-electron chi connectivity index (χ0n) is 14.3. The molecular formula is C17H14Cl5F3O2. The summed E-state index contributed by atoms with van der Waals surface area (Å²) in [6.07, 6.45) is -3.82. The second-order valence-corrected chi connectivity index (χ2v) is 8.72. The molecule has 2 atom stereocenters. The van der Waals surface area contributed by atoms with Crippen LogP contribution in [-0.4, -0.2) is 12.1 Å². The lowest BCUT2D eigenvalue weighted by atomic mass is 10.1. The van der Waals surface area contributed by atoms with Crippen molar-refractivity contribution in [1.29, 1.82) is 0 Å². The Bertz CT molecular complexity index is 789. The van der Waals surface area contributed by atoms with Crippen molar-refractivity contribution in [2.45, 2.75) is 33.6 Å². The largest absolute Gasteiger partial charge is 0.460 e. The van der Waals surface area contributed by atoms with Crippen LogP contribution in [0.15, 0.2) is 11.1 Å². The van der Waals surface area contributed by atoms with E-state index in [4.69, 9.17) is 62.7 Å². The van der Waals surface area contributed by atoms with Crippen molar-refractivity contribution < 1.29 is 22.7 Å². The molecule has 1 aliphatic carbocycles. The Hall–Kier alpha value is -0.330. The van der Waals surface area contributed by atoms with Gasteiger partial charge in [-0.3, -0.25) is 4.79 Å². The van der Waals surface area contributed by atoms with Crippen LogP contribution in [0.3, 0.4) is 0 Å². The van der Waals surface area contributed by atoms with Crippen LogP contribution in [0.2, 0.25) is 20.1 Å². The van der Waals surface area contributed by atoms with Crippen LogP contribution in [0.25, 0.3) is 0 Å². The van der Waals surface area contributed by atoms with E-state index in [-0.39, 0.29) is 32.3 Å². The highest BCUT2D eigenvalue weighted by atomic mass is 35.5. The Balaban J connectivity index is 2.16. The van der Waals surface area contributed by atoms with Gasteiger partial charge in [-0.2, -0.15) is 13.2 Å². The molecule has 0 spiro atoms. The van der Waals surface area contributed by atoms with Gasteiger partial charge in [0.1, 0.15) is 11.6 Å². The number of hydrogen-bond donors (Lipinski definition) is 0. The van der Waals surface area contributed by atoms with Gasteiger partial charge in [-0.25, -0.2) is 0 Å². The second kappa shape index (κ2) is 7.83. The van der Waals surface area contributed by atoms with Crippen LogP contribution in [0, 0.1) is 24.2 Å². The fraction of sp³-hybridized carbons (Fsp3) is 0.471. The maximum absolute atomic E-state index is 12.6. The maximum atomic E-state index is 12.6. The number of carbonyl (C=O) groups is 1. The number of alkyl halides is 3. The molecule has 0 radical (unpaired) electrons. The molecule has 0 aliphatic heterocycles. The first-order valence-corrected chi connectivity index (χ1v) is 9.52. The number of ether oxygens (including phenoxy) is 1. The minimum atomic E-state index is -4.66. The number of rotatable bonds is 4. The summed E-state index contributed by atoms with van der Waals surface area (Å²) < 4.78 is 43.1. The van der Waals surface area contributed by atoms with Crippen molar-refractivity contribution in [1.82, 2.24) is 0 Å². The fourth-order valence-electron chi connectivity index (χ4n) is 2.84. The summed E-state index contributed by atoms with van der Waals surface area (Å²) in [4.78, 5) is 12.4. The Labute approximate surface area is 179 Å². The van der Waals surface area contributed by atoms with Crippen molar-refractivity contribution in [3.05, 3.63) is 42.3 Å². The highest BCUT2D eigenvalue weighted by Crippen LogP contribution is 2.60. The zero-order valence-corrected chi connectivity index (χ0v) is 18.1. The van der Waals surface area contributed by atoms with Gasteiger partial charge in [0, 0.05) is 5.56 Å². The quantitative estimate of drug-likeness (QED) is 0.325. The molecule has 2 nitrogen and oxygen atoms in total. The minimum absolute atomic E-state index is 0.1000. The first kappa shape index (κ1) is 23.0. The topological polar surface area (TPSA) is 26.3 Å². The molecule has 0 bridgehead atoms. The Morgan fingerprint density at radius 2 is 1.59 bits per heavy atom. The molecule has 1 aromatic rings. The summed E-state index contributed by atoms with van der Waals surface area (Å²) in [5.41, 5.74) is -0.0107. The molecular weight excluding hydrogens is 470 g/mol. The van der Waals surface area contributed by atoms with Gasteiger partial charge in [0.05, 0.1) is 26.0 Å². The number of benzene rings is 1. The standard InChI is InChI=1S/C17H14Cl5F3O2/c1-6-11(19)13(21)7(14(22)12(6)20)5-27-15(26)10-8(16(10,2)3)4-9(18)17(23,24)25/h4,8,10H,5H2,1-3H3/b9-4-/t8-,10+/m1/s1. The van der Waals surface area contributed by atoms with Crippen LogP contribution < -0.4 is 0 Å². The van der Waals surface area contributed by atoms with Crippen LogP contribution >= 0.6 is 58.0 Å². The van der Waals surface area contributed by atoms with Gasteiger partial charge in [0.2, 0.25) is 0 Å². The summed E-state index contributed by atoms with van der Waals surface area (Å²) >= 11 is 29.7. The van der Waals surface area contributed by atoms with Crippen LogP contribution in [0.5, 0.6) is 0 Å². The van der Waals surface area contributed by atoms with E-state index < -0.39 is 34.4 Å². The average molecular weight is 485 g/mol. The molecule has 150 valence electrons.